The van der Waals surface area contributed by atoms with Crippen LogP contribution in [0, 0.1) is 11.8 Å². The first-order valence-electron chi connectivity index (χ1n) is 27.1. The average molecular weight is 1050 g/mol. The van der Waals surface area contributed by atoms with E-state index in [9.17, 15) is 43.2 Å². The summed E-state index contributed by atoms with van der Waals surface area (Å²) in [4.78, 5) is 118. The molecule has 2 rings (SSSR count). The van der Waals surface area contributed by atoms with E-state index in [1.54, 1.807) is 52.2 Å². The number of nitrogens with two attached hydrogens (primary N) is 1. The molecular formula is C56H88N8O11. The van der Waals surface area contributed by atoms with Crippen molar-refractivity contribution in [3.05, 3.63) is 66.3 Å². The third-order valence-corrected chi connectivity index (χ3v) is 12.7. The molecule has 1 aromatic rings. The highest BCUT2D eigenvalue weighted by Gasteiger charge is 2.29. The van der Waals surface area contributed by atoms with E-state index in [-0.39, 0.29) is 87.6 Å². The molecule has 418 valence electrons. The molecule has 75 heavy (non-hydrogen) atoms. The molecule has 0 saturated heterocycles. The second kappa shape index (κ2) is 38.1. The summed E-state index contributed by atoms with van der Waals surface area (Å²) in [7, 11) is 3.09. The largest absolute Gasteiger partial charge is 0.445 e. The standard InChI is InChI=1S/C56H88N8O11/c1-7-9-11-13-14-15-16-17-19-22-27-44(26-21-18-12-10-8-2)47(65)41-75-56(73)63(6)39-38-62(5)55(72)74-40-43-30-32-45(33-31-43)59-52(69)46(28-25-36-58-54(57)71)60-53(70)51(42(3)4)61-48(66)29-23-20-24-37-64-49(67)34-35-50(64)68/h9,11,14-15,30-35,42,44,46,51H,7-8,10,12-13,16-29,36-41H2,1-6H3,(H,59,69)(H,60,70)(H,61,66)(H3,57,58,71)/t44?,46-,51-/m0/s1. The van der Waals surface area contributed by atoms with Crippen LogP contribution in [-0.2, 0) is 44.8 Å². The van der Waals surface area contributed by atoms with Crippen molar-refractivity contribution in [2.75, 3.05) is 52.2 Å². The van der Waals surface area contributed by atoms with E-state index in [4.69, 9.17) is 15.2 Å². The predicted octanol–water partition coefficient (Wildman–Crippen LogP) is 8.23. The van der Waals surface area contributed by atoms with Crippen LogP contribution in [0.3, 0.4) is 0 Å². The van der Waals surface area contributed by atoms with Gasteiger partial charge in [0.1, 0.15) is 18.7 Å². The van der Waals surface area contributed by atoms with Gasteiger partial charge in [0.05, 0.1) is 0 Å². The van der Waals surface area contributed by atoms with Gasteiger partial charge in [0, 0.05) is 70.5 Å². The zero-order valence-corrected chi connectivity index (χ0v) is 45.7. The summed E-state index contributed by atoms with van der Waals surface area (Å²) in [5.74, 6) is -2.73. The van der Waals surface area contributed by atoms with Crippen molar-refractivity contribution >= 4 is 59.2 Å². The molecule has 19 heteroatoms. The Kier molecular flexibility index (Phi) is 32.8. The molecular weight excluding hydrogens is 961 g/mol. The summed E-state index contributed by atoms with van der Waals surface area (Å²) < 4.78 is 10.9. The number of hydrogen-bond donors (Lipinski definition) is 5. The van der Waals surface area contributed by atoms with Gasteiger partial charge in [0.15, 0.2) is 12.4 Å². The number of unbranched alkanes of at least 4 members (excludes halogenated alkanes) is 9. The molecule has 0 aromatic heterocycles. The van der Waals surface area contributed by atoms with Gasteiger partial charge in [-0.1, -0.05) is 115 Å². The average Bonchev–Trinajstić information content (AvgIpc) is 3.71. The number of amides is 9. The Hall–Kier alpha value is -6.53. The van der Waals surface area contributed by atoms with Crippen LogP contribution in [0.25, 0.3) is 0 Å². The fourth-order valence-corrected chi connectivity index (χ4v) is 8.07. The lowest BCUT2D eigenvalue weighted by molar-refractivity contribution is -0.137. The number of benzene rings is 1. The number of hydrogen-bond acceptors (Lipinski definition) is 11. The van der Waals surface area contributed by atoms with Crippen LogP contribution >= 0.6 is 0 Å². The van der Waals surface area contributed by atoms with Crippen molar-refractivity contribution in [3.8, 4) is 0 Å². The molecule has 0 fully saturated rings. The number of ether oxygens (including phenoxy) is 2. The Morgan fingerprint density at radius 1 is 0.693 bits per heavy atom. The molecule has 0 saturated carbocycles. The lowest BCUT2D eigenvalue weighted by Gasteiger charge is -2.25. The number of nitrogens with zero attached hydrogens (tertiary/aromatic N) is 3. The van der Waals surface area contributed by atoms with Gasteiger partial charge in [0.2, 0.25) is 17.7 Å². The summed E-state index contributed by atoms with van der Waals surface area (Å²) in [6.45, 7) is 8.14. The number of carbonyl (C=O) groups is 9. The van der Waals surface area contributed by atoms with E-state index in [1.807, 2.05) is 0 Å². The molecule has 9 amide bonds. The minimum absolute atomic E-state index is 0.0565. The van der Waals surface area contributed by atoms with Gasteiger partial charge in [0.25, 0.3) is 11.8 Å². The Balaban J connectivity index is 1.86. The number of primary amides is 1. The summed E-state index contributed by atoms with van der Waals surface area (Å²) in [5, 5.41) is 10.8. The number of urea groups is 1. The van der Waals surface area contributed by atoms with E-state index in [0.717, 1.165) is 81.9 Å². The van der Waals surface area contributed by atoms with E-state index in [1.165, 1.54) is 28.4 Å². The zero-order valence-electron chi connectivity index (χ0n) is 45.7. The number of likely N-dealkylation sites (N-methyl/N-ethyl adjacent to an activating group) is 2. The first-order chi connectivity index (χ1) is 36.0. The van der Waals surface area contributed by atoms with Gasteiger partial charge in [-0.25, -0.2) is 14.4 Å². The zero-order chi connectivity index (χ0) is 55.4. The van der Waals surface area contributed by atoms with Crippen molar-refractivity contribution in [1.82, 2.24) is 30.7 Å². The number of ketones is 1. The van der Waals surface area contributed by atoms with Gasteiger partial charge in [-0.3, -0.25) is 33.7 Å². The maximum atomic E-state index is 13.6. The first-order valence-corrected chi connectivity index (χ1v) is 27.1. The number of nitrogens with one attached hydrogen (secondary N) is 4. The SMILES string of the molecule is CCC=CCC=CCCCCCC(CCCCCCC)C(=O)COC(=O)N(C)CCN(C)C(=O)OCc1ccc(NC(=O)[C@H](CCCNC(N)=O)NC(=O)[C@@H](NC(=O)CCCCCN2C(=O)C=CC2=O)C(C)C)cc1. The van der Waals surface area contributed by atoms with Gasteiger partial charge in [-0.2, -0.15) is 0 Å². The molecule has 0 radical (unpaired) electrons. The van der Waals surface area contributed by atoms with Crippen molar-refractivity contribution in [1.29, 1.82) is 0 Å². The number of imide groups is 1. The topological polar surface area (TPSA) is 256 Å². The molecule has 1 aromatic carbocycles. The molecule has 1 unspecified atom stereocenters. The highest BCUT2D eigenvalue weighted by atomic mass is 16.6. The summed E-state index contributed by atoms with van der Waals surface area (Å²) in [6, 6.07) is 3.80. The number of carbonyl (C=O) groups excluding carboxylic acids is 9. The number of allylic oxidation sites excluding steroid dienone is 4. The fourth-order valence-electron chi connectivity index (χ4n) is 8.07. The third-order valence-electron chi connectivity index (χ3n) is 12.7. The molecule has 19 nitrogen and oxygen atoms in total. The van der Waals surface area contributed by atoms with Crippen LogP contribution in [0.5, 0.6) is 0 Å². The lowest BCUT2D eigenvalue weighted by atomic mass is 9.91. The Morgan fingerprint density at radius 3 is 1.93 bits per heavy atom. The van der Waals surface area contributed by atoms with Crippen molar-refractivity contribution in [2.24, 2.45) is 17.6 Å². The second-order valence-electron chi connectivity index (χ2n) is 19.5. The summed E-state index contributed by atoms with van der Waals surface area (Å²) in [5.41, 5.74) is 6.22. The molecule has 3 atom stereocenters. The molecule has 0 bridgehead atoms. The maximum absolute atomic E-state index is 13.6. The van der Waals surface area contributed by atoms with Gasteiger partial charge in [-0.15, -0.1) is 0 Å². The molecule has 0 spiro atoms. The Morgan fingerprint density at radius 2 is 1.31 bits per heavy atom. The highest BCUT2D eigenvalue weighted by molar-refractivity contribution is 6.12. The molecule has 1 aliphatic rings. The van der Waals surface area contributed by atoms with E-state index in [2.05, 4.69) is 59.4 Å². The van der Waals surface area contributed by atoms with Gasteiger partial charge < -0.3 is 46.3 Å². The fraction of sp³-hybridized carbons (Fsp3) is 0.625. The van der Waals surface area contributed by atoms with E-state index < -0.39 is 42.1 Å². The quantitative estimate of drug-likeness (QED) is 0.0238. The molecule has 0 aliphatic carbocycles. The lowest BCUT2D eigenvalue weighted by Crippen LogP contribution is -2.54. The third kappa shape index (κ3) is 28.1. The maximum Gasteiger partial charge on any atom is 0.409 e. The van der Waals surface area contributed by atoms with E-state index in [0.29, 0.717) is 36.9 Å². The summed E-state index contributed by atoms with van der Waals surface area (Å²) in [6.07, 6.45) is 25.2. The molecule has 1 heterocycles. The minimum atomic E-state index is -1.06. The van der Waals surface area contributed by atoms with Crippen LogP contribution < -0.4 is 27.0 Å². The minimum Gasteiger partial charge on any atom is -0.445 e. The van der Waals surface area contributed by atoms with Crippen LogP contribution in [-0.4, -0.2) is 127 Å². The highest BCUT2D eigenvalue weighted by Crippen LogP contribution is 2.21. The number of Topliss-reactive ketones (excluding diaryl/α,β-unsaturated/α-hetero) is 1. The normalized spacial score (nSPS) is 13.5. The summed E-state index contributed by atoms with van der Waals surface area (Å²) >= 11 is 0. The smallest absolute Gasteiger partial charge is 0.409 e. The monoisotopic (exact) mass is 1050 g/mol. The van der Waals surface area contributed by atoms with Crippen molar-refractivity contribution < 1.29 is 52.6 Å². The molecule has 1 aliphatic heterocycles. The first kappa shape index (κ1) is 64.6. The Labute approximate surface area is 445 Å². The van der Waals surface area contributed by atoms with Crippen molar-refractivity contribution in [3.63, 3.8) is 0 Å². The molecule has 6 N–H and O–H groups in total. The van der Waals surface area contributed by atoms with E-state index >= 15 is 0 Å². The van der Waals surface area contributed by atoms with Crippen LogP contribution in [0.15, 0.2) is 60.7 Å². The van der Waals surface area contributed by atoms with Gasteiger partial charge >= 0.3 is 18.2 Å². The predicted molar refractivity (Wildman–Crippen MR) is 290 cm³/mol. The van der Waals surface area contributed by atoms with Crippen LogP contribution in [0.2, 0.25) is 0 Å². The Bertz CT molecular complexity index is 2020. The van der Waals surface area contributed by atoms with Crippen LogP contribution in [0.1, 0.15) is 155 Å². The van der Waals surface area contributed by atoms with Gasteiger partial charge in [-0.05, 0) is 87.8 Å². The van der Waals surface area contributed by atoms with Crippen molar-refractivity contribution in [2.45, 2.75) is 168 Å². The number of anilines is 1. The second-order valence-corrected chi connectivity index (χ2v) is 19.5. The number of rotatable bonds is 39. The van der Waals surface area contributed by atoms with Crippen LogP contribution in [0.4, 0.5) is 20.1 Å².